The highest BCUT2D eigenvalue weighted by molar-refractivity contribution is 5.86. The first-order valence-corrected chi connectivity index (χ1v) is 8.72. The zero-order valence-electron chi connectivity index (χ0n) is 14.7. The van der Waals surface area contributed by atoms with Crippen molar-refractivity contribution in [1.82, 2.24) is 0 Å². The highest BCUT2D eigenvalue weighted by Crippen LogP contribution is 2.29. The summed E-state index contributed by atoms with van der Waals surface area (Å²) in [6.07, 6.45) is 12.2. The molecule has 0 saturated carbocycles. The molecule has 0 unspecified atom stereocenters. The topological polar surface area (TPSA) is 15.6 Å². The van der Waals surface area contributed by atoms with Crippen molar-refractivity contribution in [2.24, 2.45) is 4.99 Å². The molecule has 1 heterocycles. The van der Waals surface area contributed by atoms with Crippen LogP contribution >= 0.6 is 0 Å². The number of allylic oxidation sites excluding steroid dienone is 4. The van der Waals surface area contributed by atoms with Gasteiger partial charge in [0.05, 0.1) is 5.69 Å². The zero-order chi connectivity index (χ0) is 17.8. The third-order valence-corrected chi connectivity index (χ3v) is 4.54. The summed E-state index contributed by atoms with van der Waals surface area (Å²) in [5.74, 6) is 0. The van der Waals surface area contributed by atoms with Crippen molar-refractivity contribution in [3.63, 3.8) is 0 Å². The molecule has 2 nitrogen and oxygen atoms in total. The van der Waals surface area contributed by atoms with Crippen LogP contribution in [-0.2, 0) is 0 Å². The van der Waals surface area contributed by atoms with Crippen LogP contribution in [0.3, 0.4) is 0 Å². The van der Waals surface area contributed by atoms with E-state index in [1.54, 1.807) is 0 Å². The first-order valence-electron chi connectivity index (χ1n) is 8.72. The average molecular weight is 336 g/mol. The molecule has 0 fully saturated rings. The molecule has 0 bridgehead atoms. The molecule has 0 saturated heterocycles. The van der Waals surface area contributed by atoms with Gasteiger partial charge in [0.25, 0.3) is 0 Å². The fraction of sp³-hybridized carbons (Fsp3) is 0.0417. The normalized spacial score (nSPS) is 15.4. The molecule has 26 heavy (non-hydrogen) atoms. The van der Waals surface area contributed by atoms with Crippen molar-refractivity contribution >= 4 is 34.4 Å². The molecule has 1 aliphatic heterocycles. The zero-order valence-corrected chi connectivity index (χ0v) is 14.7. The lowest BCUT2D eigenvalue weighted by molar-refractivity contribution is 1.12. The molecule has 0 N–H and O–H groups in total. The Hall–Kier alpha value is -3.39. The fourth-order valence-corrected chi connectivity index (χ4v) is 3.12. The Kier molecular flexibility index (Phi) is 4.48. The number of hydrogen-bond donors (Lipinski definition) is 0. The summed E-state index contributed by atoms with van der Waals surface area (Å²) in [5, 5.41) is 2.44. The third kappa shape index (κ3) is 3.35. The number of anilines is 1. The van der Waals surface area contributed by atoms with Gasteiger partial charge in [-0.3, -0.25) is 4.99 Å². The predicted molar refractivity (Wildman–Crippen MR) is 113 cm³/mol. The number of nitrogens with zero attached hydrogens (tertiary/aromatic N) is 2. The van der Waals surface area contributed by atoms with Gasteiger partial charge in [-0.2, -0.15) is 0 Å². The number of rotatable bonds is 3. The smallest absolute Gasteiger partial charge is 0.0636 e. The van der Waals surface area contributed by atoms with Crippen LogP contribution in [0.15, 0.2) is 102 Å². The average Bonchev–Trinajstić information content (AvgIpc) is 2.69. The Morgan fingerprint density at radius 2 is 1.62 bits per heavy atom. The summed E-state index contributed by atoms with van der Waals surface area (Å²) in [5.41, 5.74) is 4.58. The number of fused-ring (bicyclic) bond motifs is 2. The van der Waals surface area contributed by atoms with E-state index in [0.29, 0.717) is 0 Å². The minimum atomic E-state index is 0.963. The Morgan fingerprint density at radius 1 is 0.808 bits per heavy atom. The Bertz CT molecular complexity index is 1050. The molecule has 0 atom stereocenters. The van der Waals surface area contributed by atoms with Crippen LogP contribution in [0.25, 0.3) is 16.8 Å². The standard InChI is InChI=1S/C24H20N2/c1-26-23(16-14-20-9-4-5-12-24(20)26)11-6-7-17-25-22-15-13-19-8-2-3-10-21(19)18-22/h2-18H,1H3/b7-6+,23-11+,25-17?. The highest BCUT2D eigenvalue weighted by Gasteiger charge is 2.11. The molecule has 0 aromatic heterocycles. The van der Waals surface area contributed by atoms with Crippen LogP contribution in [0.2, 0.25) is 0 Å². The first kappa shape index (κ1) is 16.1. The molecular formula is C24H20N2. The van der Waals surface area contributed by atoms with Crippen molar-refractivity contribution in [2.75, 3.05) is 11.9 Å². The Morgan fingerprint density at radius 3 is 2.54 bits per heavy atom. The molecule has 3 aromatic carbocycles. The van der Waals surface area contributed by atoms with E-state index in [4.69, 9.17) is 0 Å². The third-order valence-electron chi connectivity index (χ3n) is 4.54. The fourth-order valence-electron chi connectivity index (χ4n) is 3.12. The van der Waals surface area contributed by atoms with Crippen molar-refractivity contribution in [3.05, 3.63) is 102 Å². The number of para-hydroxylation sites is 1. The molecule has 1 aliphatic rings. The van der Waals surface area contributed by atoms with Crippen molar-refractivity contribution in [1.29, 1.82) is 0 Å². The Balaban J connectivity index is 1.47. The van der Waals surface area contributed by atoms with Gasteiger partial charge in [-0.25, -0.2) is 0 Å². The van der Waals surface area contributed by atoms with E-state index in [-0.39, 0.29) is 0 Å². The van der Waals surface area contributed by atoms with Crippen LogP contribution in [-0.4, -0.2) is 13.3 Å². The SMILES string of the molecule is CN1/C(=C/C=C/C=Nc2ccc3ccccc3c2)C=Cc2ccccc21. The molecule has 0 amide bonds. The van der Waals surface area contributed by atoms with Gasteiger partial charge in [0, 0.05) is 24.6 Å². The molecule has 4 rings (SSSR count). The quantitative estimate of drug-likeness (QED) is 0.524. The van der Waals surface area contributed by atoms with Crippen molar-refractivity contribution in [3.8, 4) is 0 Å². The highest BCUT2D eigenvalue weighted by atomic mass is 15.1. The molecular weight excluding hydrogens is 316 g/mol. The molecule has 0 spiro atoms. The second-order valence-corrected chi connectivity index (χ2v) is 6.24. The van der Waals surface area contributed by atoms with Crippen LogP contribution in [0.4, 0.5) is 11.4 Å². The lowest BCUT2D eigenvalue weighted by atomic mass is 10.1. The summed E-state index contributed by atoms with van der Waals surface area (Å²) >= 11 is 0. The van der Waals surface area contributed by atoms with Gasteiger partial charge in [0.15, 0.2) is 0 Å². The van der Waals surface area contributed by atoms with Crippen molar-refractivity contribution in [2.45, 2.75) is 0 Å². The second kappa shape index (κ2) is 7.24. The van der Waals surface area contributed by atoms with Gasteiger partial charge < -0.3 is 4.90 Å². The monoisotopic (exact) mass is 336 g/mol. The number of aliphatic imine (C=N–C) groups is 1. The summed E-state index contributed by atoms with van der Waals surface area (Å²) in [6.45, 7) is 0. The van der Waals surface area contributed by atoms with E-state index in [0.717, 1.165) is 11.4 Å². The minimum absolute atomic E-state index is 0.963. The largest absolute Gasteiger partial charge is 0.344 e. The molecule has 0 aliphatic carbocycles. The van der Waals surface area contributed by atoms with Crippen LogP contribution in [0, 0.1) is 0 Å². The lowest BCUT2D eigenvalue weighted by Gasteiger charge is -2.25. The van der Waals surface area contributed by atoms with Gasteiger partial charge in [-0.1, -0.05) is 60.7 Å². The van der Waals surface area contributed by atoms with E-state index in [9.17, 15) is 0 Å². The van der Waals surface area contributed by atoms with E-state index in [1.807, 2.05) is 30.5 Å². The number of benzene rings is 3. The van der Waals surface area contributed by atoms with Crippen molar-refractivity contribution < 1.29 is 0 Å². The number of likely N-dealkylation sites (N-methyl/N-ethyl adjacent to an activating group) is 1. The molecule has 126 valence electrons. The summed E-state index contributed by atoms with van der Waals surface area (Å²) in [7, 11) is 2.09. The van der Waals surface area contributed by atoms with E-state index < -0.39 is 0 Å². The molecule has 3 aromatic rings. The molecule has 0 radical (unpaired) electrons. The van der Waals surface area contributed by atoms with Gasteiger partial charge in [0.1, 0.15) is 0 Å². The van der Waals surface area contributed by atoms with Crippen LogP contribution < -0.4 is 4.90 Å². The minimum Gasteiger partial charge on any atom is -0.344 e. The van der Waals surface area contributed by atoms with Crippen LogP contribution in [0.1, 0.15) is 5.56 Å². The Labute approximate surface area is 154 Å². The second-order valence-electron chi connectivity index (χ2n) is 6.24. The molecule has 2 heteroatoms. The summed E-state index contributed by atoms with van der Waals surface area (Å²) in [6, 6.07) is 23.0. The van der Waals surface area contributed by atoms with E-state index in [2.05, 4.69) is 89.8 Å². The van der Waals surface area contributed by atoms with E-state index in [1.165, 1.54) is 22.0 Å². The summed E-state index contributed by atoms with van der Waals surface area (Å²) < 4.78 is 0. The van der Waals surface area contributed by atoms with Gasteiger partial charge in [-0.05, 0) is 52.8 Å². The van der Waals surface area contributed by atoms with Gasteiger partial charge in [0.2, 0.25) is 0 Å². The van der Waals surface area contributed by atoms with E-state index >= 15 is 0 Å². The maximum absolute atomic E-state index is 4.52. The van der Waals surface area contributed by atoms with Crippen LogP contribution in [0.5, 0.6) is 0 Å². The first-order chi connectivity index (χ1) is 12.8. The maximum Gasteiger partial charge on any atom is 0.0636 e. The number of hydrogen-bond acceptors (Lipinski definition) is 2. The van der Waals surface area contributed by atoms with Gasteiger partial charge in [-0.15, -0.1) is 0 Å². The lowest BCUT2D eigenvalue weighted by Crippen LogP contribution is -2.18. The van der Waals surface area contributed by atoms with Gasteiger partial charge >= 0.3 is 0 Å². The summed E-state index contributed by atoms with van der Waals surface area (Å²) in [4.78, 5) is 6.72. The maximum atomic E-state index is 4.52. The predicted octanol–water partition coefficient (Wildman–Crippen LogP) is 6.15.